The van der Waals surface area contributed by atoms with Gasteiger partial charge in [-0.3, -0.25) is 0 Å². The van der Waals surface area contributed by atoms with Gasteiger partial charge in [-0.1, -0.05) is 30.3 Å². The summed E-state index contributed by atoms with van der Waals surface area (Å²) in [6.45, 7) is 1.31. The Morgan fingerprint density at radius 2 is 2.00 bits per heavy atom. The highest BCUT2D eigenvalue weighted by atomic mass is 16.4. The van der Waals surface area contributed by atoms with Crippen LogP contribution in [0.4, 0.5) is 0 Å². The fraction of sp³-hybridized carbons (Fsp3) is 0.250. The third kappa shape index (κ3) is 2.07. The van der Waals surface area contributed by atoms with E-state index in [2.05, 4.69) is 5.32 Å². The fourth-order valence-electron chi connectivity index (χ4n) is 1.85. The molecule has 2 rings (SSSR count). The lowest BCUT2D eigenvalue weighted by molar-refractivity contribution is -0.132. The number of nitrogens with one attached hydrogen (secondary N) is 1. The van der Waals surface area contributed by atoms with Crippen molar-refractivity contribution in [3.63, 3.8) is 0 Å². The molecule has 15 heavy (non-hydrogen) atoms. The monoisotopic (exact) mass is 203 g/mol. The number of benzene rings is 1. The van der Waals surface area contributed by atoms with Crippen LogP contribution in [0.25, 0.3) is 5.57 Å². The molecule has 0 atom stereocenters. The minimum absolute atomic E-state index is 0.458. The molecule has 1 aromatic carbocycles. The van der Waals surface area contributed by atoms with E-state index >= 15 is 0 Å². The molecule has 1 aliphatic rings. The van der Waals surface area contributed by atoms with E-state index < -0.39 is 5.97 Å². The van der Waals surface area contributed by atoms with Crippen LogP contribution in [-0.2, 0) is 4.79 Å². The van der Waals surface area contributed by atoms with E-state index in [1.54, 1.807) is 0 Å². The summed E-state index contributed by atoms with van der Waals surface area (Å²) in [7, 11) is 0. The molecule has 3 nitrogen and oxygen atoms in total. The van der Waals surface area contributed by atoms with Gasteiger partial charge in [0.1, 0.15) is 0 Å². The molecule has 0 radical (unpaired) electrons. The van der Waals surface area contributed by atoms with E-state index in [0.717, 1.165) is 24.1 Å². The summed E-state index contributed by atoms with van der Waals surface area (Å²) >= 11 is 0. The Balaban J connectivity index is 2.44. The molecule has 0 bridgehead atoms. The second-order valence-electron chi connectivity index (χ2n) is 3.56. The number of carboxylic acids is 1. The molecule has 1 aliphatic heterocycles. The topological polar surface area (TPSA) is 49.3 Å². The molecule has 0 fully saturated rings. The second-order valence-corrected chi connectivity index (χ2v) is 3.56. The average molecular weight is 203 g/mol. The zero-order valence-electron chi connectivity index (χ0n) is 8.36. The molecule has 0 spiro atoms. The van der Waals surface area contributed by atoms with E-state index in [1.165, 1.54) is 0 Å². The van der Waals surface area contributed by atoms with E-state index in [4.69, 9.17) is 5.11 Å². The minimum Gasteiger partial charge on any atom is -0.478 e. The quantitative estimate of drug-likeness (QED) is 0.766. The summed E-state index contributed by atoms with van der Waals surface area (Å²) in [6, 6.07) is 9.73. The molecule has 78 valence electrons. The SMILES string of the molecule is O=C(O)C1=C(c2ccccc2)CCNC1. The number of hydrogen-bond donors (Lipinski definition) is 2. The van der Waals surface area contributed by atoms with Gasteiger partial charge >= 0.3 is 5.97 Å². The van der Waals surface area contributed by atoms with Crippen molar-refractivity contribution in [2.45, 2.75) is 6.42 Å². The van der Waals surface area contributed by atoms with E-state index in [-0.39, 0.29) is 0 Å². The van der Waals surface area contributed by atoms with Crippen molar-refractivity contribution in [3.8, 4) is 0 Å². The molecule has 0 aliphatic carbocycles. The minimum atomic E-state index is -0.818. The number of aliphatic carboxylic acids is 1. The molecule has 0 saturated heterocycles. The van der Waals surface area contributed by atoms with Crippen molar-refractivity contribution in [3.05, 3.63) is 41.5 Å². The molecule has 1 aromatic rings. The molecule has 0 aromatic heterocycles. The second kappa shape index (κ2) is 4.28. The molecule has 0 saturated carbocycles. The van der Waals surface area contributed by atoms with Crippen LogP contribution in [0.15, 0.2) is 35.9 Å². The molecule has 3 heteroatoms. The Labute approximate surface area is 88.4 Å². The fourth-order valence-corrected chi connectivity index (χ4v) is 1.85. The smallest absolute Gasteiger partial charge is 0.333 e. The number of carbonyl (C=O) groups is 1. The van der Waals surface area contributed by atoms with E-state index in [1.807, 2.05) is 30.3 Å². The Kier molecular flexibility index (Phi) is 2.83. The first-order valence-electron chi connectivity index (χ1n) is 5.00. The number of carboxylic acid groups (broad SMARTS) is 1. The Morgan fingerprint density at radius 1 is 1.27 bits per heavy atom. The van der Waals surface area contributed by atoms with Gasteiger partial charge in [0.2, 0.25) is 0 Å². The van der Waals surface area contributed by atoms with Gasteiger partial charge < -0.3 is 10.4 Å². The van der Waals surface area contributed by atoms with Crippen LogP contribution >= 0.6 is 0 Å². The lowest BCUT2D eigenvalue weighted by Gasteiger charge is -2.18. The number of rotatable bonds is 2. The maximum atomic E-state index is 11.0. The van der Waals surface area contributed by atoms with Gasteiger partial charge in [-0.05, 0) is 24.1 Å². The van der Waals surface area contributed by atoms with Gasteiger partial charge in [0.05, 0.1) is 5.57 Å². The van der Waals surface area contributed by atoms with Crippen LogP contribution in [0.5, 0.6) is 0 Å². The Morgan fingerprint density at radius 3 is 2.67 bits per heavy atom. The third-order valence-electron chi connectivity index (χ3n) is 2.60. The molecule has 0 amide bonds. The maximum Gasteiger partial charge on any atom is 0.333 e. The Bertz CT molecular complexity index is 395. The van der Waals surface area contributed by atoms with Gasteiger partial charge in [0, 0.05) is 6.54 Å². The average Bonchev–Trinajstić information content (AvgIpc) is 2.30. The highest BCUT2D eigenvalue weighted by Gasteiger charge is 2.18. The summed E-state index contributed by atoms with van der Waals surface area (Å²) in [4.78, 5) is 11.0. The number of hydrogen-bond acceptors (Lipinski definition) is 2. The van der Waals surface area contributed by atoms with Crippen LogP contribution in [0.2, 0.25) is 0 Å². The first kappa shape index (κ1) is 9.93. The van der Waals surface area contributed by atoms with Crippen molar-refractivity contribution >= 4 is 11.5 Å². The van der Waals surface area contributed by atoms with Gasteiger partial charge in [0.15, 0.2) is 0 Å². The zero-order chi connectivity index (χ0) is 10.7. The van der Waals surface area contributed by atoms with Crippen molar-refractivity contribution < 1.29 is 9.90 Å². The Hall–Kier alpha value is -1.61. The first-order chi connectivity index (χ1) is 7.29. The lowest BCUT2D eigenvalue weighted by atomic mass is 9.94. The largest absolute Gasteiger partial charge is 0.478 e. The third-order valence-corrected chi connectivity index (χ3v) is 2.60. The van der Waals surface area contributed by atoms with Crippen molar-refractivity contribution in [2.75, 3.05) is 13.1 Å². The molecule has 2 N–H and O–H groups in total. The molecular weight excluding hydrogens is 190 g/mol. The van der Waals surface area contributed by atoms with Crippen LogP contribution < -0.4 is 5.32 Å². The molecule has 0 unspecified atom stereocenters. The standard InChI is InChI=1S/C12H13NO2/c14-12(15)11-8-13-7-6-10(11)9-4-2-1-3-5-9/h1-5,13H,6-8H2,(H,14,15). The summed E-state index contributed by atoms with van der Waals surface area (Å²) in [5.74, 6) is -0.818. The van der Waals surface area contributed by atoms with E-state index in [9.17, 15) is 4.79 Å². The van der Waals surface area contributed by atoms with E-state index in [0.29, 0.717) is 12.1 Å². The summed E-state index contributed by atoms with van der Waals surface area (Å²) in [5.41, 5.74) is 2.48. The highest BCUT2D eigenvalue weighted by Crippen LogP contribution is 2.24. The van der Waals surface area contributed by atoms with Gasteiger partial charge in [0.25, 0.3) is 0 Å². The first-order valence-corrected chi connectivity index (χ1v) is 5.00. The highest BCUT2D eigenvalue weighted by molar-refractivity contribution is 5.97. The van der Waals surface area contributed by atoms with Gasteiger partial charge in [-0.15, -0.1) is 0 Å². The van der Waals surface area contributed by atoms with Crippen molar-refractivity contribution in [1.29, 1.82) is 0 Å². The predicted octanol–water partition coefficient (Wildman–Crippen LogP) is 1.52. The molecule has 1 heterocycles. The van der Waals surface area contributed by atoms with Crippen molar-refractivity contribution in [1.82, 2.24) is 5.32 Å². The maximum absolute atomic E-state index is 11.0. The van der Waals surface area contributed by atoms with Crippen LogP contribution in [0, 0.1) is 0 Å². The van der Waals surface area contributed by atoms with Gasteiger partial charge in [-0.25, -0.2) is 4.79 Å². The molecular formula is C12H13NO2. The van der Waals surface area contributed by atoms with Crippen LogP contribution in [-0.4, -0.2) is 24.2 Å². The zero-order valence-corrected chi connectivity index (χ0v) is 8.36. The summed E-state index contributed by atoms with van der Waals surface area (Å²) in [5, 5.41) is 12.1. The summed E-state index contributed by atoms with van der Waals surface area (Å²) < 4.78 is 0. The van der Waals surface area contributed by atoms with Crippen LogP contribution in [0.3, 0.4) is 0 Å². The van der Waals surface area contributed by atoms with Crippen molar-refractivity contribution in [2.24, 2.45) is 0 Å². The lowest BCUT2D eigenvalue weighted by Crippen LogP contribution is -2.28. The normalized spacial score (nSPS) is 16.5. The summed E-state index contributed by atoms with van der Waals surface area (Å²) in [6.07, 6.45) is 0.783. The van der Waals surface area contributed by atoms with Crippen LogP contribution in [0.1, 0.15) is 12.0 Å². The predicted molar refractivity (Wildman–Crippen MR) is 58.5 cm³/mol. The van der Waals surface area contributed by atoms with Gasteiger partial charge in [-0.2, -0.15) is 0 Å².